The average molecular weight is 201 g/mol. The molecule has 2 unspecified atom stereocenters. The van der Waals surface area contributed by atoms with Crippen molar-refractivity contribution < 1.29 is 0 Å². The van der Waals surface area contributed by atoms with E-state index in [1.54, 1.807) is 0 Å². The largest absolute Gasteiger partial charge is 0.338 e. The number of hydrogen-bond donors (Lipinski definition) is 0. The van der Waals surface area contributed by atoms with E-state index in [2.05, 4.69) is 18.8 Å². The number of nitrogens with zero attached hydrogens (tertiary/aromatic N) is 2. The van der Waals surface area contributed by atoms with Gasteiger partial charge in [0.25, 0.3) is 0 Å². The normalized spacial score (nSPS) is 16.2. The minimum absolute atomic E-state index is 0.126. The van der Waals surface area contributed by atoms with Gasteiger partial charge in [-0.2, -0.15) is 0 Å². The van der Waals surface area contributed by atoms with E-state index in [9.17, 15) is 0 Å². The lowest BCUT2D eigenvalue weighted by molar-refractivity contribution is 0.457. The lowest BCUT2D eigenvalue weighted by atomic mass is 9.92. The van der Waals surface area contributed by atoms with E-state index >= 15 is 0 Å². The Balaban J connectivity index is 2.95. The second-order valence-corrected chi connectivity index (χ2v) is 4.53. The molecule has 0 radical (unpaired) electrons. The van der Waals surface area contributed by atoms with Crippen molar-refractivity contribution in [3.05, 3.63) is 18.2 Å². The predicted octanol–water partition coefficient (Wildman–Crippen LogP) is 2.79. The SMILES string of the molecule is CC(C)C(c1nccn1C)C(C)Cl. The summed E-state index contributed by atoms with van der Waals surface area (Å²) in [4.78, 5) is 4.34. The third-order valence-corrected chi connectivity index (χ3v) is 2.64. The lowest BCUT2D eigenvalue weighted by Crippen LogP contribution is -2.19. The van der Waals surface area contributed by atoms with Gasteiger partial charge in [0.2, 0.25) is 0 Å². The van der Waals surface area contributed by atoms with Gasteiger partial charge in [0.05, 0.1) is 0 Å². The van der Waals surface area contributed by atoms with Crippen molar-refractivity contribution in [2.45, 2.75) is 32.1 Å². The van der Waals surface area contributed by atoms with Crippen LogP contribution in [0.25, 0.3) is 0 Å². The molecule has 0 fully saturated rings. The number of hydrogen-bond acceptors (Lipinski definition) is 1. The van der Waals surface area contributed by atoms with Crippen LogP contribution in [-0.4, -0.2) is 14.9 Å². The molecule has 74 valence electrons. The summed E-state index contributed by atoms with van der Waals surface area (Å²) < 4.78 is 2.05. The maximum absolute atomic E-state index is 6.15. The van der Waals surface area contributed by atoms with Gasteiger partial charge < -0.3 is 4.57 Å². The second-order valence-electron chi connectivity index (χ2n) is 3.84. The van der Waals surface area contributed by atoms with Crippen LogP contribution in [-0.2, 0) is 7.05 Å². The van der Waals surface area contributed by atoms with Gasteiger partial charge in [0.1, 0.15) is 5.82 Å². The highest BCUT2D eigenvalue weighted by atomic mass is 35.5. The van der Waals surface area contributed by atoms with Crippen LogP contribution in [0.5, 0.6) is 0 Å². The molecule has 0 aromatic carbocycles. The maximum atomic E-state index is 6.15. The molecule has 2 nitrogen and oxygen atoms in total. The summed E-state index contributed by atoms with van der Waals surface area (Å²) in [5.74, 6) is 1.94. The summed E-state index contributed by atoms with van der Waals surface area (Å²) in [7, 11) is 2.01. The van der Waals surface area contributed by atoms with Crippen molar-refractivity contribution in [3.8, 4) is 0 Å². The molecule has 1 heterocycles. The predicted molar refractivity (Wildman–Crippen MR) is 56.1 cm³/mol. The van der Waals surface area contributed by atoms with Gasteiger partial charge in [-0.3, -0.25) is 0 Å². The zero-order valence-electron chi connectivity index (χ0n) is 8.66. The van der Waals surface area contributed by atoms with Crippen molar-refractivity contribution in [1.29, 1.82) is 0 Å². The van der Waals surface area contributed by atoms with Crippen LogP contribution in [0, 0.1) is 5.92 Å². The monoisotopic (exact) mass is 200 g/mol. The molecule has 1 aromatic heterocycles. The molecule has 0 saturated heterocycles. The minimum Gasteiger partial charge on any atom is -0.338 e. The van der Waals surface area contributed by atoms with Crippen molar-refractivity contribution in [2.75, 3.05) is 0 Å². The van der Waals surface area contributed by atoms with Crippen molar-refractivity contribution in [2.24, 2.45) is 13.0 Å². The maximum Gasteiger partial charge on any atom is 0.113 e. The quantitative estimate of drug-likeness (QED) is 0.687. The molecule has 0 aliphatic rings. The van der Waals surface area contributed by atoms with Gasteiger partial charge in [0, 0.05) is 30.7 Å². The zero-order valence-corrected chi connectivity index (χ0v) is 9.42. The van der Waals surface area contributed by atoms with Gasteiger partial charge in [-0.1, -0.05) is 13.8 Å². The molecule has 0 aliphatic carbocycles. The smallest absolute Gasteiger partial charge is 0.113 e. The fourth-order valence-corrected chi connectivity index (χ4v) is 2.14. The Morgan fingerprint density at radius 3 is 2.31 bits per heavy atom. The van der Waals surface area contributed by atoms with Crippen LogP contribution in [0.1, 0.15) is 32.5 Å². The fourth-order valence-electron chi connectivity index (χ4n) is 1.73. The summed E-state index contributed by atoms with van der Waals surface area (Å²) in [5, 5.41) is 0.126. The molecule has 13 heavy (non-hydrogen) atoms. The third-order valence-electron chi connectivity index (χ3n) is 2.37. The molecule has 1 rings (SSSR count). The van der Waals surface area contributed by atoms with Crippen LogP contribution in [0.2, 0.25) is 0 Å². The highest BCUT2D eigenvalue weighted by Crippen LogP contribution is 2.29. The van der Waals surface area contributed by atoms with Crippen LogP contribution < -0.4 is 0 Å². The topological polar surface area (TPSA) is 17.8 Å². The molecular weight excluding hydrogens is 184 g/mol. The molecule has 0 N–H and O–H groups in total. The third kappa shape index (κ3) is 2.25. The molecule has 0 spiro atoms. The molecule has 0 saturated carbocycles. The summed E-state index contributed by atoms with van der Waals surface area (Å²) in [6.45, 7) is 6.39. The highest BCUT2D eigenvalue weighted by Gasteiger charge is 2.24. The second kappa shape index (κ2) is 4.14. The first-order chi connectivity index (χ1) is 6.04. The Morgan fingerprint density at radius 1 is 1.38 bits per heavy atom. The Labute approximate surface area is 84.9 Å². The van der Waals surface area contributed by atoms with E-state index in [0.717, 1.165) is 5.82 Å². The van der Waals surface area contributed by atoms with Gasteiger partial charge >= 0.3 is 0 Å². The summed E-state index contributed by atoms with van der Waals surface area (Å²) >= 11 is 6.15. The van der Waals surface area contributed by atoms with Crippen LogP contribution >= 0.6 is 11.6 Å². The highest BCUT2D eigenvalue weighted by molar-refractivity contribution is 6.20. The number of aryl methyl sites for hydroxylation is 1. The number of imidazole rings is 1. The van der Waals surface area contributed by atoms with E-state index in [-0.39, 0.29) is 5.38 Å². The van der Waals surface area contributed by atoms with Crippen molar-refractivity contribution in [3.63, 3.8) is 0 Å². The van der Waals surface area contributed by atoms with Gasteiger partial charge in [-0.05, 0) is 12.8 Å². The first-order valence-electron chi connectivity index (χ1n) is 4.65. The Morgan fingerprint density at radius 2 is 2.00 bits per heavy atom. The summed E-state index contributed by atoms with van der Waals surface area (Å²) in [6, 6.07) is 0. The van der Waals surface area contributed by atoms with Crippen LogP contribution in [0.3, 0.4) is 0 Å². The summed E-state index contributed by atoms with van der Waals surface area (Å²) in [5.41, 5.74) is 0. The standard InChI is InChI=1S/C10H17ClN2/c1-7(2)9(8(3)11)10-12-5-6-13(10)4/h5-9H,1-4H3. The zero-order chi connectivity index (χ0) is 10.0. The van der Waals surface area contributed by atoms with E-state index in [1.807, 2.05) is 30.9 Å². The molecule has 0 amide bonds. The molecule has 0 aliphatic heterocycles. The first kappa shape index (κ1) is 10.6. The Bertz CT molecular complexity index is 258. The Hall–Kier alpha value is -0.500. The number of alkyl halides is 1. The van der Waals surface area contributed by atoms with E-state index in [1.165, 1.54) is 0 Å². The van der Waals surface area contributed by atoms with Crippen LogP contribution in [0.15, 0.2) is 12.4 Å². The summed E-state index contributed by atoms with van der Waals surface area (Å²) in [6.07, 6.45) is 3.79. The Kier molecular flexibility index (Phi) is 3.37. The van der Waals surface area contributed by atoms with E-state index in [4.69, 9.17) is 11.6 Å². The van der Waals surface area contributed by atoms with Crippen LogP contribution in [0.4, 0.5) is 0 Å². The number of aromatic nitrogens is 2. The van der Waals surface area contributed by atoms with Crippen molar-refractivity contribution >= 4 is 11.6 Å². The molecule has 3 heteroatoms. The van der Waals surface area contributed by atoms with Gasteiger partial charge in [-0.25, -0.2) is 4.98 Å². The number of halogens is 1. The molecule has 0 bridgehead atoms. The minimum atomic E-state index is 0.126. The number of rotatable bonds is 3. The van der Waals surface area contributed by atoms with Gasteiger partial charge in [-0.15, -0.1) is 11.6 Å². The first-order valence-corrected chi connectivity index (χ1v) is 5.09. The van der Waals surface area contributed by atoms with Gasteiger partial charge in [0.15, 0.2) is 0 Å². The van der Waals surface area contributed by atoms with E-state index in [0.29, 0.717) is 11.8 Å². The molecular formula is C10H17ClN2. The average Bonchev–Trinajstić information content (AvgIpc) is 2.35. The molecule has 2 atom stereocenters. The lowest BCUT2D eigenvalue weighted by Gasteiger charge is -2.22. The fraction of sp³-hybridized carbons (Fsp3) is 0.700. The molecule has 1 aromatic rings. The van der Waals surface area contributed by atoms with E-state index < -0.39 is 0 Å². The van der Waals surface area contributed by atoms with Crippen molar-refractivity contribution in [1.82, 2.24) is 9.55 Å².